The Morgan fingerprint density at radius 1 is 0.707 bits per heavy atom. The number of carbonyl (C=O) groups excluding carboxylic acids is 5. The van der Waals surface area contributed by atoms with Crippen molar-refractivity contribution < 1.29 is 61.9 Å². The average molecular weight is 650 g/mol. The summed E-state index contributed by atoms with van der Waals surface area (Å²) in [6.45, 7) is 5.44. The molecule has 234 valence electrons. The first kappa shape index (κ1) is 35.3. The van der Waals surface area contributed by atoms with E-state index in [0.29, 0.717) is 0 Å². The fourth-order valence-corrected chi connectivity index (χ4v) is 5.57. The molecule has 0 aliphatic carbocycles. The van der Waals surface area contributed by atoms with Crippen LogP contribution >= 0.6 is 34.8 Å². The van der Waals surface area contributed by atoms with Crippen molar-refractivity contribution in [2.24, 2.45) is 0 Å². The Balaban J connectivity index is 2.22. The van der Waals surface area contributed by atoms with E-state index in [4.69, 9.17) is 72.7 Å². The van der Waals surface area contributed by atoms with E-state index in [-0.39, 0.29) is 38.0 Å². The molecule has 2 fully saturated rings. The first-order valence-electron chi connectivity index (χ1n) is 12.7. The molecular weight excluding hydrogens is 615 g/mol. The summed E-state index contributed by atoms with van der Waals surface area (Å²) in [7, 11) is 0. The molecule has 2 heterocycles. The van der Waals surface area contributed by atoms with Crippen LogP contribution in [0.2, 0.25) is 0 Å². The third-order valence-corrected chi connectivity index (χ3v) is 7.54. The van der Waals surface area contributed by atoms with Gasteiger partial charge in [0.05, 0.1) is 18.4 Å². The molecule has 0 aromatic heterocycles. The minimum atomic E-state index is -1.32. The van der Waals surface area contributed by atoms with Gasteiger partial charge >= 0.3 is 29.8 Å². The molecule has 0 aromatic rings. The normalized spacial score (nSPS) is 33.0. The maximum Gasteiger partial charge on any atom is 0.303 e. The molecule has 41 heavy (non-hydrogen) atoms. The smallest absolute Gasteiger partial charge is 0.303 e. The van der Waals surface area contributed by atoms with Gasteiger partial charge in [-0.1, -0.05) is 0 Å². The lowest BCUT2D eigenvalue weighted by molar-refractivity contribution is -0.219. The zero-order chi connectivity index (χ0) is 30.9. The molecule has 13 nitrogen and oxygen atoms in total. The maximum atomic E-state index is 11.9. The number of alkyl halides is 3. The van der Waals surface area contributed by atoms with Crippen LogP contribution in [0.25, 0.3) is 0 Å². The van der Waals surface area contributed by atoms with Crippen molar-refractivity contribution in [1.82, 2.24) is 0 Å². The molecule has 0 bridgehead atoms. The first-order chi connectivity index (χ1) is 19.2. The number of carbonyl (C=O) groups is 5. The van der Waals surface area contributed by atoms with Crippen LogP contribution < -0.4 is 0 Å². The van der Waals surface area contributed by atoms with E-state index in [1.54, 1.807) is 0 Å². The van der Waals surface area contributed by atoms with Crippen LogP contribution in [0.15, 0.2) is 0 Å². The Morgan fingerprint density at radius 3 is 1.78 bits per heavy atom. The molecule has 0 amide bonds. The average Bonchev–Trinajstić information content (AvgIpc) is 3.15. The first-order valence-corrected chi connectivity index (χ1v) is 14.2. The largest absolute Gasteiger partial charge is 0.463 e. The van der Waals surface area contributed by atoms with Gasteiger partial charge in [0.25, 0.3) is 0 Å². The van der Waals surface area contributed by atoms with E-state index in [1.165, 1.54) is 34.6 Å². The van der Waals surface area contributed by atoms with Crippen LogP contribution in [0.3, 0.4) is 0 Å². The zero-order valence-corrected chi connectivity index (χ0v) is 25.6. The van der Waals surface area contributed by atoms with E-state index >= 15 is 0 Å². The summed E-state index contributed by atoms with van der Waals surface area (Å²) in [6.07, 6.45) is -7.06. The van der Waals surface area contributed by atoms with Gasteiger partial charge in [0.1, 0.15) is 35.9 Å². The Bertz CT molecular complexity index is 950. The Labute approximate surface area is 252 Å². The zero-order valence-electron chi connectivity index (χ0n) is 23.3. The number of ether oxygens (including phenoxy) is 8. The highest BCUT2D eigenvalue weighted by Gasteiger charge is 2.58. The fourth-order valence-electron chi connectivity index (χ4n) is 4.66. The second-order valence-electron chi connectivity index (χ2n) is 9.55. The molecule has 0 saturated carbocycles. The van der Waals surface area contributed by atoms with Crippen molar-refractivity contribution in [3.05, 3.63) is 0 Å². The third kappa shape index (κ3) is 9.82. The lowest BCUT2D eigenvalue weighted by Crippen LogP contribution is -2.60. The van der Waals surface area contributed by atoms with E-state index in [2.05, 4.69) is 0 Å². The predicted octanol–water partition coefficient (Wildman–Crippen LogP) is 1.67. The van der Waals surface area contributed by atoms with Crippen molar-refractivity contribution in [2.45, 2.75) is 94.7 Å². The highest BCUT2D eigenvalue weighted by Crippen LogP contribution is 2.40. The summed E-state index contributed by atoms with van der Waals surface area (Å²) < 4.78 is 44.5. The van der Waals surface area contributed by atoms with Gasteiger partial charge < -0.3 is 37.9 Å². The molecule has 2 aliphatic heterocycles. The van der Waals surface area contributed by atoms with Gasteiger partial charge in [-0.25, -0.2) is 0 Å². The predicted molar refractivity (Wildman–Crippen MR) is 142 cm³/mol. The second-order valence-corrected chi connectivity index (χ2v) is 10.6. The molecule has 16 heteroatoms. The number of esters is 5. The van der Waals surface area contributed by atoms with Crippen molar-refractivity contribution in [3.63, 3.8) is 0 Å². The van der Waals surface area contributed by atoms with Crippen molar-refractivity contribution in [1.29, 1.82) is 0 Å². The third-order valence-electron chi connectivity index (χ3n) is 6.26. The Hall–Kier alpha value is -1.90. The van der Waals surface area contributed by atoms with Crippen LogP contribution in [0.4, 0.5) is 0 Å². The van der Waals surface area contributed by atoms with Crippen molar-refractivity contribution >= 4 is 64.6 Å². The highest BCUT2D eigenvalue weighted by atomic mass is 35.5. The summed E-state index contributed by atoms with van der Waals surface area (Å²) >= 11 is 18.8. The van der Waals surface area contributed by atoms with Crippen LogP contribution in [0.5, 0.6) is 0 Å². The van der Waals surface area contributed by atoms with Crippen LogP contribution in [0.1, 0.15) is 41.0 Å². The van der Waals surface area contributed by atoms with Gasteiger partial charge in [-0.3, -0.25) is 24.0 Å². The quantitative estimate of drug-likeness (QED) is 0.123. The molecule has 2 aliphatic rings. The topological polar surface area (TPSA) is 159 Å². The monoisotopic (exact) mass is 648 g/mol. The molecule has 0 aromatic carbocycles. The molecule has 2 saturated heterocycles. The van der Waals surface area contributed by atoms with E-state index in [9.17, 15) is 24.0 Å². The van der Waals surface area contributed by atoms with Gasteiger partial charge in [-0.05, 0) is 0 Å². The second kappa shape index (κ2) is 16.1. The summed E-state index contributed by atoms with van der Waals surface area (Å²) in [5, 5.41) is -1.03. The summed E-state index contributed by atoms with van der Waals surface area (Å²) in [5.41, 5.74) is -1.32. The van der Waals surface area contributed by atoms with E-state index < -0.39 is 83.6 Å². The summed E-state index contributed by atoms with van der Waals surface area (Å²) in [4.78, 5) is 58.7. The molecule has 9 atom stereocenters. The number of rotatable bonds is 13. The molecule has 0 unspecified atom stereocenters. The molecule has 0 N–H and O–H groups in total. The fraction of sp³-hybridized carbons (Fsp3) is 0.800. The minimum Gasteiger partial charge on any atom is -0.463 e. The number of halogens is 3. The molecule has 0 spiro atoms. The van der Waals surface area contributed by atoms with Gasteiger partial charge in [-0.15, -0.1) is 34.8 Å². The lowest BCUT2D eigenvalue weighted by Gasteiger charge is -2.43. The highest BCUT2D eigenvalue weighted by molar-refractivity contribution is 6.21. The van der Waals surface area contributed by atoms with Crippen molar-refractivity contribution in [3.8, 4) is 0 Å². The lowest BCUT2D eigenvalue weighted by atomic mass is 9.92. The number of hydrogen-bond acceptors (Lipinski definition) is 13. The minimum absolute atomic E-state index is 0.0456. The Kier molecular flexibility index (Phi) is 13.8. The molecule has 2 rings (SSSR count). The van der Waals surface area contributed by atoms with Crippen molar-refractivity contribution in [2.75, 3.05) is 31.6 Å². The number of hydrogen-bond donors (Lipinski definition) is 0. The van der Waals surface area contributed by atoms with E-state index in [0.717, 1.165) is 0 Å². The Morgan fingerprint density at radius 2 is 1.27 bits per heavy atom. The van der Waals surface area contributed by atoms with Crippen LogP contribution in [-0.4, -0.2) is 115 Å². The van der Waals surface area contributed by atoms with Gasteiger partial charge in [-0.2, -0.15) is 0 Å². The standard InChI is InChI=1S/C25H35Cl3O13/c1-12(29)35-10-18-20(28)23(38-15(4)32)21(36-13(2)30)19(40-18)9-34-7-6-25(11-27)24(39-16(5)33)22(37-14(3)31)17(8-26)41-25/h17-24H,6-11H2,1-5H3/t17-,18+,19-,20-,21+,22+,23-,24+,25-/m1/s1. The van der Waals surface area contributed by atoms with Gasteiger partial charge in [0, 0.05) is 47.6 Å². The maximum absolute atomic E-state index is 11.9. The van der Waals surface area contributed by atoms with Crippen LogP contribution in [0, 0.1) is 0 Å². The van der Waals surface area contributed by atoms with Gasteiger partial charge in [0.15, 0.2) is 24.4 Å². The summed E-state index contributed by atoms with van der Waals surface area (Å²) in [5.74, 6) is -3.45. The van der Waals surface area contributed by atoms with E-state index in [1.807, 2.05) is 0 Å². The molecular formula is C25H35Cl3O13. The summed E-state index contributed by atoms with van der Waals surface area (Å²) in [6, 6.07) is 0. The van der Waals surface area contributed by atoms with Gasteiger partial charge in [0.2, 0.25) is 0 Å². The van der Waals surface area contributed by atoms with Crippen LogP contribution in [-0.2, 0) is 61.9 Å². The SMILES string of the molecule is CC(=O)OC[C@@H]1O[C@H](COCC[C@]2(CCl)O[C@H](CCl)[C@H](OC(C)=O)[C@@H]2OC(C)=O)[C@H](OC(C)=O)[C@H](OC(C)=O)[C@@H]1Cl. The molecule has 0 radical (unpaired) electrons.